The van der Waals surface area contributed by atoms with E-state index in [0.717, 1.165) is 26.8 Å². The summed E-state index contributed by atoms with van der Waals surface area (Å²) < 4.78 is 16.0. The molecule has 5 aliphatic heterocycles. The lowest BCUT2D eigenvalue weighted by atomic mass is 9.97. The summed E-state index contributed by atoms with van der Waals surface area (Å²) in [7, 11) is 2.80. The molecular weight excluding hydrogens is 1680 g/mol. The number of para-hydroxylation sites is 2. The number of unbranched alkanes of at least 4 members (excludes halogenated alkanes) is 2. The minimum absolute atomic E-state index is 0.00324. The number of carbonyl (C=O) groups is 16. The molecule has 5 fully saturated rings. The number of carboxylic acids is 1. The summed E-state index contributed by atoms with van der Waals surface area (Å²) in [5, 5.41) is 44.9. The van der Waals surface area contributed by atoms with Crippen molar-refractivity contribution in [1.29, 1.82) is 0 Å². The third-order valence-corrected chi connectivity index (χ3v) is 25.2. The third-order valence-electron chi connectivity index (χ3n) is 25.2. The number of piperidine rings is 1. The van der Waals surface area contributed by atoms with Crippen LogP contribution in [-0.2, 0) is 103 Å². The van der Waals surface area contributed by atoms with Crippen LogP contribution in [0.4, 0.5) is 4.39 Å². The fourth-order valence-electron chi connectivity index (χ4n) is 18.3. The Balaban J connectivity index is 1.01. The Labute approximate surface area is 754 Å². The van der Waals surface area contributed by atoms with Gasteiger partial charge in [-0.3, -0.25) is 81.6 Å². The molecule has 38 nitrogen and oxygen atoms in total. The molecule has 15 amide bonds. The normalized spacial score (nSPS) is 26.8. The van der Waals surface area contributed by atoms with E-state index in [4.69, 9.17) is 22.9 Å². The van der Waals surface area contributed by atoms with Gasteiger partial charge in [-0.1, -0.05) is 116 Å². The highest BCUT2D eigenvalue weighted by Crippen LogP contribution is 2.48. The van der Waals surface area contributed by atoms with Gasteiger partial charge in [0.25, 0.3) is 5.91 Å². The van der Waals surface area contributed by atoms with E-state index in [2.05, 4.69) is 47.5 Å². The van der Waals surface area contributed by atoms with Crippen molar-refractivity contribution >= 4 is 116 Å². The maximum absolute atomic E-state index is 15.9. The third kappa shape index (κ3) is 24.4. The van der Waals surface area contributed by atoms with Gasteiger partial charge in [0, 0.05) is 107 Å². The van der Waals surface area contributed by atoms with Crippen LogP contribution in [0.1, 0.15) is 174 Å². The first-order valence-electron chi connectivity index (χ1n) is 45.4. The van der Waals surface area contributed by atoms with Crippen LogP contribution >= 0.6 is 0 Å². The summed E-state index contributed by atoms with van der Waals surface area (Å²) in [5.74, 6) is -15.0. The van der Waals surface area contributed by atoms with Crippen molar-refractivity contribution in [2.24, 2.45) is 34.8 Å². The van der Waals surface area contributed by atoms with Crippen LogP contribution in [0.5, 0.6) is 0 Å². The van der Waals surface area contributed by atoms with Crippen LogP contribution in [0.3, 0.4) is 0 Å². The van der Waals surface area contributed by atoms with Gasteiger partial charge in [-0.2, -0.15) is 0 Å². The van der Waals surface area contributed by atoms with E-state index in [-0.39, 0.29) is 128 Å². The molecule has 19 N–H and O–H groups in total. The smallest absolute Gasteiger partial charge is 0.323 e. The number of fused-ring (bicyclic) bond motifs is 4. The predicted octanol–water partition coefficient (Wildman–Crippen LogP) is 0.187. The first-order chi connectivity index (χ1) is 61.9. The molecule has 0 unspecified atom stereocenters. The summed E-state index contributed by atoms with van der Waals surface area (Å²) in [5.41, 5.74) is 25.5. The molecule has 0 aliphatic carbocycles. The number of hydrogen-bond acceptors (Lipinski definition) is 20. The first-order valence-corrected chi connectivity index (χ1v) is 45.4. The molecule has 39 heteroatoms. The van der Waals surface area contributed by atoms with Crippen molar-refractivity contribution in [3.63, 3.8) is 0 Å². The SMILES string of the molecule is CCCC[C@H]1C(=O)N(C)[C@@H](CCCC)C(=O)N[C@@H](CC(C)C)C(=O)NCCC[C@H](N)C(=O)N[C@@H](Cc2ccc(F)cc2)C(=O)N2CCCC[C@@]23C(=O)N3[C@@H](CC(N)=O)C(=O)N2CCC[C@H]2C(=O)N[C@@H](CN)C(=O)N[C@@H](CC(C)C)C(=O)N2C[C@H](O)C[C@H]2C(=O)N[C@@H](Cc2c[nH]c3ccccc23)C(=O)N[C@@H](CCN)C(=O)N[C@@H](Cc2cn(CC(=O)O)c3ccccc23)C(=O)N1C. The number of aliphatic carboxylic acids is 1. The Morgan fingerprint density at radius 1 is 0.554 bits per heavy atom. The highest BCUT2D eigenvalue weighted by atomic mass is 19.1. The fraction of sp³-hybridized carbons (Fsp3) is 0.582. The molecule has 1 spiro atoms. The number of H-pyrrole nitrogens is 1. The van der Waals surface area contributed by atoms with E-state index >= 15 is 43.2 Å². The second kappa shape index (κ2) is 45.5. The Hall–Kier alpha value is -12.0. The number of aromatic nitrogens is 2. The maximum Gasteiger partial charge on any atom is 0.323 e. The molecule has 5 aromatic rings. The van der Waals surface area contributed by atoms with E-state index in [1.165, 1.54) is 51.7 Å². The Morgan fingerprint density at radius 2 is 1.14 bits per heavy atom. The van der Waals surface area contributed by atoms with Gasteiger partial charge in [-0.05, 0) is 136 Å². The number of halogens is 1. The van der Waals surface area contributed by atoms with Crippen LogP contribution in [-0.4, -0.2) is 287 Å². The quantitative estimate of drug-likeness (QED) is 0.0388. The second-order valence-electron chi connectivity index (χ2n) is 35.8. The summed E-state index contributed by atoms with van der Waals surface area (Å²) in [6.07, 6.45) is 2.44. The van der Waals surface area contributed by atoms with Crippen molar-refractivity contribution in [2.45, 2.75) is 273 Å². The molecule has 5 aliphatic rings. The number of aromatic amines is 1. The second-order valence-corrected chi connectivity index (χ2v) is 35.8. The number of nitrogens with two attached hydrogens (primary N) is 4. The summed E-state index contributed by atoms with van der Waals surface area (Å²) in [6.45, 7) is 8.91. The number of benzene rings is 3. The number of primary amides is 1. The molecule has 7 heterocycles. The predicted molar refractivity (Wildman–Crippen MR) is 477 cm³/mol. The molecule has 5 saturated heterocycles. The largest absolute Gasteiger partial charge is 0.480 e. The van der Waals surface area contributed by atoms with Gasteiger partial charge in [0.15, 0.2) is 5.66 Å². The average molecular weight is 1810 g/mol. The zero-order valence-electron chi connectivity index (χ0n) is 75.4. The Bertz CT molecular complexity index is 4950. The van der Waals surface area contributed by atoms with Gasteiger partial charge >= 0.3 is 5.97 Å². The number of hydrogen-bond donors (Lipinski definition) is 15. The number of carbonyl (C=O) groups excluding carboxylic acids is 15. The number of rotatable bonds is 23. The minimum atomic E-state index is -1.88. The monoisotopic (exact) mass is 1810 g/mol. The molecule has 708 valence electrons. The maximum atomic E-state index is 15.9. The van der Waals surface area contributed by atoms with Gasteiger partial charge in [0.1, 0.15) is 84.9 Å². The molecule has 0 bridgehead atoms. The van der Waals surface area contributed by atoms with Crippen LogP contribution in [0.15, 0.2) is 85.2 Å². The number of amides is 15. The average Bonchev–Trinajstić information content (AvgIpc) is 1.52. The zero-order chi connectivity index (χ0) is 94.7. The molecule has 0 radical (unpaired) electrons. The number of nitrogens with zero attached hydrogens (tertiary/aromatic N) is 7. The number of aliphatic hydroxyl groups is 1. The minimum Gasteiger partial charge on any atom is -0.480 e. The lowest BCUT2D eigenvalue weighted by Gasteiger charge is -2.39. The number of likely N-dealkylation sites (N-methyl/N-ethyl adjacent to an activating group) is 2. The molecule has 10 rings (SSSR count). The van der Waals surface area contributed by atoms with Gasteiger partial charge in [-0.25, -0.2) is 4.39 Å². The molecule has 2 aromatic heterocycles. The van der Waals surface area contributed by atoms with E-state index in [1.807, 2.05) is 27.7 Å². The van der Waals surface area contributed by atoms with Crippen molar-refractivity contribution in [2.75, 3.05) is 53.4 Å². The Morgan fingerprint density at radius 3 is 1.81 bits per heavy atom. The Kier molecular flexibility index (Phi) is 35.1. The summed E-state index contributed by atoms with van der Waals surface area (Å²) in [6, 6.07) is -0.00368. The van der Waals surface area contributed by atoms with Crippen molar-refractivity contribution in [3.8, 4) is 0 Å². The van der Waals surface area contributed by atoms with Gasteiger partial charge in [0.2, 0.25) is 82.7 Å². The van der Waals surface area contributed by atoms with Crippen LogP contribution < -0.4 is 65.5 Å². The number of carboxylic acid groups (broad SMARTS) is 1. The van der Waals surface area contributed by atoms with Crippen LogP contribution in [0.25, 0.3) is 21.8 Å². The van der Waals surface area contributed by atoms with E-state index in [1.54, 1.807) is 68.6 Å². The molecule has 130 heavy (non-hydrogen) atoms. The summed E-state index contributed by atoms with van der Waals surface area (Å²) >= 11 is 0. The standard InChI is InChI=1S/C91H129FN20O18/c1-9-11-25-70-82(122)100-63(39-51(3)4)78(118)97-36-19-23-60(95)77(117)102-66(41-53-29-31-56(92)32-30-53)87(127)111-38-18-17-34-91(111)90(130)112(91)74(45-75(96)114)89(129)109-37-20-28-71(109)83(123)105-68(46-94)81(121)103-65(40-52(5)6)86(126)110-49-57(113)44-73(110)84(124)101-64(42-54-47-98-61-24-15-13-21-58(54)61)80(120)99-62(33-35-93)79(119)104-67(85(125)107(8)72(26-12-10-2)88(128)106(70)7)43-55-48-108(50-76(115)116)69-27-16-14-22-59(55)69/h13-16,21-22,24,27,29-32,47-48,51-52,57,60,62-68,70-74,98,113H,9-12,17-20,23,25-26,28,33-46,49-50,93-95H2,1-8H3,(H2,96,114)(H,97,118)(H,99,120)(H,100,122)(H,101,124)(H,102,117)(H,103,121)(H,104,119)(H,105,123)(H,115,116)/t57-,60+,62+,63+,64+,65+,66+,67+,68+,70+,71+,72+,73+,74+,91-,112?/m1/s1. The van der Waals surface area contributed by atoms with Crippen molar-refractivity contribution in [3.05, 3.63) is 108 Å². The zero-order valence-corrected chi connectivity index (χ0v) is 75.4. The van der Waals surface area contributed by atoms with Crippen molar-refractivity contribution < 1.29 is 91.3 Å². The topological polar surface area (TPSA) is 554 Å². The molecular formula is C91H129FN20O18. The van der Waals surface area contributed by atoms with Crippen LogP contribution in [0.2, 0.25) is 0 Å². The fourth-order valence-corrected chi connectivity index (χ4v) is 18.3. The lowest BCUT2D eigenvalue weighted by Crippen LogP contribution is -2.61. The van der Waals surface area contributed by atoms with E-state index in [0.29, 0.717) is 77.0 Å². The van der Waals surface area contributed by atoms with Crippen LogP contribution in [0, 0.1) is 17.7 Å². The van der Waals surface area contributed by atoms with Crippen molar-refractivity contribution in [1.82, 2.24) is 81.5 Å². The van der Waals surface area contributed by atoms with E-state index < -0.39 is 217 Å². The molecule has 15 atom stereocenters. The highest BCUT2D eigenvalue weighted by molar-refractivity contribution is 6.10. The first kappa shape index (κ1) is 100. The number of nitrogens with one attached hydrogen (secondary N) is 9. The lowest BCUT2D eigenvalue weighted by molar-refractivity contribution is -0.149. The van der Waals surface area contributed by atoms with Gasteiger partial charge in [-0.15, -0.1) is 0 Å². The van der Waals surface area contributed by atoms with Gasteiger partial charge in [0.05, 0.1) is 18.6 Å². The van der Waals surface area contributed by atoms with E-state index in [9.17, 15) is 48.2 Å². The molecule has 3 aromatic carbocycles. The highest BCUT2D eigenvalue weighted by Gasteiger charge is 2.72. The summed E-state index contributed by atoms with van der Waals surface area (Å²) in [4.78, 5) is 248. The number of aliphatic hydroxyl groups excluding tert-OH is 1. The van der Waals surface area contributed by atoms with Gasteiger partial charge < -0.3 is 110 Å². The molecule has 0 saturated carbocycles.